The van der Waals surface area contributed by atoms with E-state index in [1.165, 1.54) is 13.2 Å². The predicted octanol–water partition coefficient (Wildman–Crippen LogP) is 2.85. The first-order chi connectivity index (χ1) is 9.51. The molecule has 0 aliphatic carbocycles. The Hall–Kier alpha value is -2.44. The molecule has 20 heavy (non-hydrogen) atoms. The summed E-state index contributed by atoms with van der Waals surface area (Å²) >= 11 is 0. The molecule has 0 saturated carbocycles. The smallest absolute Gasteiger partial charge is 0.333 e. The highest BCUT2D eigenvalue weighted by Gasteiger charge is 2.15. The van der Waals surface area contributed by atoms with Gasteiger partial charge in [0.15, 0.2) is 5.69 Å². The summed E-state index contributed by atoms with van der Waals surface area (Å²) in [4.78, 5) is 11.9. The molecule has 1 aromatic heterocycles. The van der Waals surface area contributed by atoms with Crippen LogP contribution in [0.3, 0.4) is 0 Å². The van der Waals surface area contributed by atoms with Crippen LogP contribution >= 0.6 is 0 Å². The number of ether oxygens (including phenoxy) is 1. The van der Waals surface area contributed by atoms with E-state index in [-0.39, 0.29) is 5.69 Å². The van der Waals surface area contributed by atoms with Gasteiger partial charge in [0.05, 0.1) is 12.8 Å². The van der Waals surface area contributed by atoms with Crippen molar-refractivity contribution in [2.45, 2.75) is 13.5 Å². The number of rotatable bonds is 4. The molecule has 7 heteroatoms. The minimum absolute atomic E-state index is 0.0890. The molecule has 2 rings (SSSR count). The molecule has 0 aliphatic rings. The number of amides is 1. The number of anilines is 1. The summed E-state index contributed by atoms with van der Waals surface area (Å²) in [6.07, 6.45) is 1.05. The lowest BCUT2D eigenvalue weighted by atomic mass is 10.2. The largest absolute Gasteiger partial charge is 0.495 e. The van der Waals surface area contributed by atoms with Gasteiger partial charge in [-0.25, -0.2) is 4.68 Å². The molecule has 1 aromatic carbocycles. The van der Waals surface area contributed by atoms with E-state index in [0.29, 0.717) is 16.1 Å². The van der Waals surface area contributed by atoms with Crippen molar-refractivity contribution < 1.29 is 18.3 Å². The molecule has 5 nitrogen and oxygen atoms in total. The fourth-order valence-corrected chi connectivity index (χ4v) is 1.67. The van der Waals surface area contributed by atoms with Crippen LogP contribution in [0.5, 0.6) is 5.75 Å². The van der Waals surface area contributed by atoms with Gasteiger partial charge in [-0.2, -0.15) is 13.9 Å². The van der Waals surface area contributed by atoms with Gasteiger partial charge in [-0.1, -0.05) is 6.07 Å². The number of hydrogen-bond acceptors (Lipinski definition) is 3. The maximum absolute atomic E-state index is 12.4. The molecule has 0 fully saturated rings. The molecule has 1 N–H and O–H groups in total. The topological polar surface area (TPSA) is 56.1 Å². The van der Waals surface area contributed by atoms with Crippen LogP contribution in [-0.2, 0) is 0 Å². The molecule has 0 spiro atoms. The number of aryl methyl sites for hydroxylation is 1. The van der Waals surface area contributed by atoms with Crippen LogP contribution in [0.2, 0.25) is 0 Å². The zero-order chi connectivity index (χ0) is 14.7. The Morgan fingerprint density at radius 2 is 2.15 bits per heavy atom. The summed E-state index contributed by atoms with van der Waals surface area (Å²) in [5.41, 5.74) is 1.30. The maximum Gasteiger partial charge on any atom is 0.333 e. The average molecular weight is 281 g/mol. The minimum Gasteiger partial charge on any atom is -0.495 e. The summed E-state index contributed by atoms with van der Waals surface area (Å²) < 4.78 is 30.3. The molecular weight excluding hydrogens is 268 g/mol. The zero-order valence-corrected chi connectivity index (χ0v) is 10.9. The fourth-order valence-electron chi connectivity index (χ4n) is 1.67. The van der Waals surface area contributed by atoms with Crippen molar-refractivity contribution in [1.29, 1.82) is 0 Å². The predicted molar refractivity (Wildman–Crippen MR) is 69.2 cm³/mol. The van der Waals surface area contributed by atoms with Gasteiger partial charge in [0.1, 0.15) is 5.75 Å². The number of nitrogens with zero attached hydrogens (tertiary/aromatic N) is 2. The fraction of sp³-hybridized carbons (Fsp3) is 0.231. The molecule has 0 unspecified atom stereocenters. The Kier molecular flexibility index (Phi) is 3.97. The molecular formula is C13H13F2N3O2. The van der Waals surface area contributed by atoms with Crippen LogP contribution in [0.1, 0.15) is 22.6 Å². The third kappa shape index (κ3) is 2.93. The summed E-state index contributed by atoms with van der Waals surface area (Å²) in [5, 5.41) is 6.08. The van der Waals surface area contributed by atoms with E-state index in [0.717, 1.165) is 11.8 Å². The molecule has 106 valence electrons. The van der Waals surface area contributed by atoms with Crippen LogP contribution in [-0.4, -0.2) is 22.8 Å². The van der Waals surface area contributed by atoms with E-state index < -0.39 is 12.5 Å². The lowest BCUT2D eigenvalue weighted by molar-refractivity contribution is 0.0561. The van der Waals surface area contributed by atoms with Crippen molar-refractivity contribution in [3.63, 3.8) is 0 Å². The van der Waals surface area contributed by atoms with Gasteiger partial charge in [0, 0.05) is 6.20 Å². The van der Waals surface area contributed by atoms with Crippen molar-refractivity contribution >= 4 is 11.6 Å². The van der Waals surface area contributed by atoms with E-state index >= 15 is 0 Å². The van der Waals surface area contributed by atoms with Crippen LogP contribution in [0.4, 0.5) is 14.5 Å². The Balaban J connectivity index is 2.20. The Bertz CT molecular complexity index is 626. The average Bonchev–Trinajstić information content (AvgIpc) is 2.89. The molecule has 0 saturated heterocycles. The van der Waals surface area contributed by atoms with Crippen LogP contribution in [0, 0.1) is 6.92 Å². The van der Waals surface area contributed by atoms with Gasteiger partial charge in [-0.3, -0.25) is 4.79 Å². The first kappa shape index (κ1) is 14.0. The number of benzene rings is 1. The lowest BCUT2D eigenvalue weighted by Gasteiger charge is -2.10. The van der Waals surface area contributed by atoms with Crippen molar-refractivity contribution in [3.05, 3.63) is 41.7 Å². The standard InChI is InChI=1S/C13H13F2N3O2/c1-8-3-4-11(20-2)10(7-8)16-12(19)9-5-6-18(17-9)13(14)15/h3-7,13H,1-2H3,(H,16,19). The van der Waals surface area contributed by atoms with Crippen LogP contribution < -0.4 is 10.1 Å². The Morgan fingerprint density at radius 3 is 2.75 bits per heavy atom. The number of aromatic nitrogens is 2. The van der Waals surface area contributed by atoms with Crippen LogP contribution in [0.25, 0.3) is 0 Å². The van der Waals surface area contributed by atoms with E-state index in [4.69, 9.17) is 4.74 Å². The Morgan fingerprint density at radius 1 is 1.40 bits per heavy atom. The molecule has 2 aromatic rings. The van der Waals surface area contributed by atoms with E-state index in [9.17, 15) is 13.6 Å². The van der Waals surface area contributed by atoms with Crippen molar-refractivity contribution in [3.8, 4) is 5.75 Å². The van der Waals surface area contributed by atoms with Crippen molar-refractivity contribution in [1.82, 2.24) is 9.78 Å². The maximum atomic E-state index is 12.4. The normalized spacial score (nSPS) is 10.7. The second-order valence-corrected chi connectivity index (χ2v) is 4.12. The summed E-state index contributed by atoms with van der Waals surface area (Å²) in [6, 6.07) is 6.49. The molecule has 0 aliphatic heterocycles. The number of alkyl halides is 2. The molecule has 0 radical (unpaired) electrons. The van der Waals surface area contributed by atoms with E-state index in [1.54, 1.807) is 12.1 Å². The van der Waals surface area contributed by atoms with Crippen molar-refractivity contribution in [2.24, 2.45) is 0 Å². The summed E-state index contributed by atoms with van der Waals surface area (Å²) in [6.45, 7) is -0.911. The highest BCUT2D eigenvalue weighted by Crippen LogP contribution is 2.25. The van der Waals surface area contributed by atoms with Crippen LogP contribution in [0.15, 0.2) is 30.5 Å². The molecule has 0 bridgehead atoms. The summed E-state index contributed by atoms with van der Waals surface area (Å²) in [7, 11) is 1.48. The first-order valence-corrected chi connectivity index (χ1v) is 5.80. The number of carbonyl (C=O) groups excluding carboxylic acids is 1. The Labute approximate surface area is 114 Å². The third-order valence-electron chi connectivity index (χ3n) is 2.64. The van der Waals surface area contributed by atoms with Crippen molar-refractivity contribution in [2.75, 3.05) is 12.4 Å². The molecule has 1 amide bonds. The summed E-state index contributed by atoms with van der Waals surface area (Å²) in [5.74, 6) is -0.0921. The second-order valence-electron chi connectivity index (χ2n) is 4.12. The quantitative estimate of drug-likeness (QED) is 0.937. The molecule has 1 heterocycles. The van der Waals surface area contributed by atoms with Gasteiger partial charge < -0.3 is 10.1 Å². The third-order valence-corrected chi connectivity index (χ3v) is 2.64. The number of methoxy groups -OCH3 is 1. The monoisotopic (exact) mass is 281 g/mol. The first-order valence-electron chi connectivity index (χ1n) is 5.80. The van der Waals surface area contributed by atoms with Gasteiger partial charge in [-0.05, 0) is 30.7 Å². The number of nitrogens with one attached hydrogen (secondary N) is 1. The van der Waals surface area contributed by atoms with Gasteiger partial charge in [0.25, 0.3) is 5.91 Å². The molecule has 0 atom stereocenters. The van der Waals surface area contributed by atoms with Gasteiger partial charge in [-0.15, -0.1) is 0 Å². The van der Waals surface area contributed by atoms with E-state index in [2.05, 4.69) is 10.4 Å². The highest BCUT2D eigenvalue weighted by molar-refractivity contribution is 6.03. The van der Waals surface area contributed by atoms with E-state index in [1.807, 2.05) is 13.0 Å². The highest BCUT2D eigenvalue weighted by atomic mass is 19.3. The number of halogens is 2. The second kappa shape index (κ2) is 5.68. The van der Waals surface area contributed by atoms with Gasteiger partial charge in [0.2, 0.25) is 0 Å². The number of hydrogen-bond donors (Lipinski definition) is 1. The minimum atomic E-state index is -2.77. The number of carbonyl (C=O) groups is 1. The zero-order valence-electron chi connectivity index (χ0n) is 10.9. The SMILES string of the molecule is COc1ccc(C)cc1NC(=O)c1ccn(C(F)F)n1. The lowest BCUT2D eigenvalue weighted by Crippen LogP contribution is -2.14. The van der Waals surface area contributed by atoms with Gasteiger partial charge >= 0.3 is 6.55 Å².